The zero-order valence-electron chi connectivity index (χ0n) is 11.6. The van der Waals surface area contributed by atoms with E-state index in [1.807, 2.05) is 13.0 Å². The van der Waals surface area contributed by atoms with E-state index < -0.39 is 23.3 Å². The third-order valence-corrected chi connectivity index (χ3v) is 5.20. The lowest BCUT2D eigenvalue weighted by atomic mass is 9.82. The smallest absolute Gasteiger partial charge is 0.276 e. The lowest BCUT2D eigenvalue weighted by Gasteiger charge is -2.36. The van der Waals surface area contributed by atoms with E-state index in [-0.39, 0.29) is 0 Å². The van der Waals surface area contributed by atoms with Crippen LogP contribution in [0.3, 0.4) is 0 Å². The summed E-state index contributed by atoms with van der Waals surface area (Å²) in [5.74, 6) is -0.845. The zero-order valence-corrected chi connectivity index (χ0v) is 13.2. The van der Waals surface area contributed by atoms with Crippen LogP contribution in [0.25, 0.3) is 0 Å². The summed E-state index contributed by atoms with van der Waals surface area (Å²) in [6, 6.07) is 4.61. The molecule has 0 bridgehead atoms. The molecule has 1 saturated heterocycles. The molecule has 1 spiro atoms. The number of carbonyl (C=O) groups excluding carboxylic acids is 3. The van der Waals surface area contributed by atoms with Crippen LogP contribution >= 0.6 is 15.9 Å². The van der Waals surface area contributed by atoms with E-state index >= 15 is 0 Å². The van der Waals surface area contributed by atoms with Crippen molar-refractivity contribution in [3.63, 3.8) is 0 Å². The molecule has 0 radical (unpaired) electrons. The summed E-state index contributed by atoms with van der Waals surface area (Å²) in [6.07, 6.45) is 2.68. The molecule has 1 aliphatic heterocycles. The molecule has 21 heavy (non-hydrogen) atoms. The van der Waals surface area contributed by atoms with Crippen molar-refractivity contribution in [2.24, 2.45) is 5.41 Å². The average Bonchev–Trinajstić information content (AvgIpc) is 2.92. The number of carbonyl (C=O) groups is 3. The van der Waals surface area contributed by atoms with Gasteiger partial charge in [-0.3, -0.25) is 14.9 Å². The number of amides is 4. The molecule has 2 aliphatic rings. The van der Waals surface area contributed by atoms with Gasteiger partial charge >= 0.3 is 6.03 Å². The second-order valence-electron chi connectivity index (χ2n) is 5.62. The summed E-state index contributed by atoms with van der Waals surface area (Å²) in [5, 5.41) is 2.34. The van der Waals surface area contributed by atoms with Crippen molar-refractivity contribution in [3.05, 3.63) is 28.2 Å². The Balaban J connectivity index is 2.04. The predicted molar refractivity (Wildman–Crippen MR) is 80.8 cm³/mol. The van der Waals surface area contributed by atoms with E-state index in [1.54, 1.807) is 12.1 Å². The number of imide groups is 2. The number of urea groups is 1. The van der Waals surface area contributed by atoms with Crippen molar-refractivity contribution in [2.45, 2.75) is 32.6 Å². The summed E-state index contributed by atoms with van der Waals surface area (Å²) >= 11 is 3.40. The van der Waals surface area contributed by atoms with Crippen LogP contribution in [0, 0.1) is 12.3 Å². The Labute approximate surface area is 130 Å². The Morgan fingerprint density at radius 2 is 1.86 bits per heavy atom. The van der Waals surface area contributed by atoms with Crippen molar-refractivity contribution in [1.29, 1.82) is 0 Å². The third-order valence-electron chi connectivity index (χ3n) is 4.34. The SMILES string of the molecule is Cc1ccc(N2C(=O)NC(=O)C3(CCCC3)C2=O)cc1Br. The first-order chi connectivity index (χ1) is 9.95. The molecule has 2 fully saturated rings. The van der Waals surface area contributed by atoms with Gasteiger partial charge in [-0.2, -0.15) is 0 Å². The molecule has 0 atom stereocenters. The zero-order chi connectivity index (χ0) is 15.2. The van der Waals surface area contributed by atoms with Crippen molar-refractivity contribution >= 4 is 39.5 Å². The normalized spacial score (nSPS) is 21.0. The van der Waals surface area contributed by atoms with Crippen molar-refractivity contribution < 1.29 is 14.4 Å². The van der Waals surface area contributed by atoms with E-state index in [2.05, 4.69) is 21.2 Å². The summed E-state index contributed by atoms with van der Waals surface area (Å²) in [5.41, 5.74) is 0.426. The quantitative estimate of drug-likeness (QED) is 0.792. The first-order valence-electron chi connectivity index (χ1n) is 6.92. The number of anilines is 1. The Morgan fingerprint density at radius 1 is 1.19 bits per heavy atom. The molecule has 3 rings (SSSR count). The highest BCUT2D eigenvalue weighted by molar-refractivity contribution is 9.10. The van der Waals surface area contributed by atoms with Gasteiger partial charge < -0.3 is 0 Å². The van der Waals surface area contributed by atoms with Crippen molar-refractivity contribution in [1.82, 2.24) is 5.32 Å². The van der Waals surface area contributed by atoms with E-state index in [0.29, 0.717) is 18.5 Å². The molecule has 1 N–H and O–H groups in total. The van der Waals surface area contributed by atoms with Crippen LogP contribution in [-0.4, -0.2) is 17.8 Å². The van der Waals surface area contributed by atoms with Gasteiger partial charge in [-0.1, -0.05) is 34.8 Å². The number of halogens is 1. The number of nitrogens with zero attached hydrogens (tertiary/aromatic N) is 1. The summed E-state index contributed by atoms with van der Waals surface area (Å²) in [4.78, 5) is 38.1. The molecular formula is C15H15BrN2O3. The van der Waals surface area contributed by atoms with E-state index in [0.717, 1.165) is 27.8 Å². The monoisotopic (exact) mass is 350 g/mol. The highest BCUT2D eigenvalue weighted by Gasteiger charge is 2.55. The van der Waals surface area contributed by atoms with E-state index in [1.165, 1.54) is 0 Å². The van der Waals surface area contributed by atoms with Gasteiger partial charge in [-0.15, -0.1) is 0 Å². The lowest BCUT2D eigenvalue weighted by Crippen LogP contribution is -2.63. The van der Waals surface area contributed by atoms with Crippen LogP contribution in [0.1, 0.15) is 31.2 Å². The Kier molecular flexibility index (Phi) is 3.36. The van der Waals surface area contributed by atoms with E-state index in [9.17, 15) is 14.4 Å². The van der Waals surface area contributed by atoms with Gasteiger partial charge in [0.05, 0.1) is 5.69 Å². The van der Waals surface area contributed by atoms with Crippen molar-refractivity contribution in [2.75, 3.05) is 4.90 Å². The van der Waals surface area contributed by atoms with Gasteiger partial charge in [-0.25, -0.2) is 9.69 Å². The first kappa shape index (κ1) is 14.3. The molecule has 1 aromatic carbocycles. The predicted octanol–water partition coefficient (Wildman–Crippen LogP) is 2.90. The Bertz CT molecular complexity index is 650. The molecule has 110 valence electrons. The maximum atomic E-state index is 12.8. The van der Waals surface area contributed by atoms with Gasteiger partial charge in [0.2, 0.25) is 5.91 Å². The van der Waals surface area contributed by atoms with E-state index in [4.69, 9.17) is 0 Å². The average molecular weight is 351 g/mol. The largest absolute Gasteiger partial charge is 0.335 e. The number of hydrogen-bond acceptors (Lipinski definition) is 3. The fourth-order valence-electron chi connectivity index (χ4n) is 3.05. The summed E-state index contributed by atoms with van der Waals surface area (Å²) in [6.45, 7) is 1.92. The second kappa shape index (κ2) is 4.94. The Morgan fingerprint density at radius 3 is 2.48 bits per heavy atom. The second-order valence-corrected chi connectivity index (χ2v) is 6.48. The summed E-state index contributed by atoms with van der Waals surface area (Å²) in [7, 11) is 0. The van der Waals surface area contributed by atoms with Crippen LogP contribution in [-0.2, 0) is 9.59 Å². The van der Waals surface area contributed by atoms with Crippen molar-refractivity contribution in [3.8, 4) is 0 Å². The highest BCUT2D eigenvalue weighted by atomic mass is 79.9. The molecule has 1 aromatic rings. The van der Waals surface area contributed by atoms with Crippen LogP contribution in [0.2, 0.25) is 0 Å². The molecule has 0 aromatic heterocycles. The molecule has 1 aliphatic carbocycles. The topological polar surface area (TPSA) is 66.5 Å². The fraction of sp³-hybridized carbons (Fsp3) is 0.400. The molecule has 6 heteroatoms. The minimum absolute atomic E-state index is 0.399. The minimum Gasteiger partial charge on any atom is -0.276 e. The molecular weight excluding hydrogens is 336 g/mol. The van der Waals surface area contributed by atoms with Crippen LogP contribution in [0.15, 0.2) is 22.7 Å². The number of nitrogens with one attached hydrogen (secondary N) is 1. The molecule has 0 unspecified atom stereocenters. The van der Waals surface area contributed by atoms with Crippen LogP contribution in [0.4, 0.5) is 10.5 Å². The molecule has 5 nitrogen and oxygen atoms in total. The number of rotatable bonds is 1. The van der Waals surface area contributed by atoms with Gasteiger partial charge in [-0.05, 0) is 37.5 Å². The van der Waals surface area contributed by atoms with Gasteiger partial charge in [0, 0.05) is 4.47 Å². The van der Waals surface area contributed by atoms with Gasteiger partial charge in [0.15, 0.2) is 0 Å². The fourth-order valence-corrected chi connectivity index (χ4v) is 3.42. The molecule has 4 amide bonds. The number of hydrogen-bond donors (Lipinski definition) is 1. The van der Waals surface area contributed by atoms with Crippen LogP contribution < -0.4 is 10.2 Å². The number of aryl methyl sites for hydroxylation is 1. The lowest BCUT2D eigenvalue weighted by molar-refractivity contribution is -0.142. The third kappa shape index (κ3) is 2.09. The van der Waals surface area contributed by atoms with Gasteiger partial charge in [0.1, 0.15) is 5.41 Å². The maximum absolute atomic E-state index is 12.8. The minimum atomic E-state index is -1.06. The molecule has 1 saturated carbocycles. The maximum Gasteiger partial charge on any atom is 0.335 e. The van der Waals surface area contributed by atoms with Gasteiger partial charge in [0.25, 0.3) is 5.91 Å². The number of barbiturate groups is 1. The van der Waals surface area contributed by atoms with Crippen LogP contribution in [0.5, 0.6) is 0 Å². The Hall–Kier alpha value is -1.69. The molecule has 1 heterocycles. The first-order valence-corrected chi connectivity index (χ1v) is 7.71. The summed E-state index contributed by atoms with van der Waals surface area (Å²) < 4.78 is 0.818. The highest BCUT2D eigenvalue weighted by Crippen LogP contribution is 2.43. The number of benzene rings is 1. The standard InChI is InChI=1S/C15H15BrN2O3/c1-9-4-5-10(8-11(9)16)18-13(20)15(6-2-3-7-15)12(19)17-14(18)21/h4-5,8H,2-3,6-7H2,1H3,(H,17,19,21).